The van der Waals surface area contributed by atoms with Gasteiger partial charge in [-0.3, -0.25) is 9.52 Å². The molecule has 1 amide bonds. The minimum atomic E-state index is -4.04. The Labute approximate surface area is 213 Å². The molecule has 180 valence electrons. The minimum Gasteiger partial charge on any atom is -0.480 e. The van der Waals surface area contributed by atoms with E-state index in [4.69, 9.17) is 4.74 Å². The molecule has 9 nitrogen and oxygen atoms in total. The summed E-state index contributed by atoms with van der Waals surface area (Å²) < 4.78 is 35.3. The Morgan fingerprint density at radius 2 is 1.92 bits per heavy atom. The van der Waals surface area contributed by atoms with Gasteiger partial charge in [0.25, 0.3) is 15.9 Å². The number of hydrogen-bond acceptors (Lipinski definition) is 9. The van der Waals surface area contributed by atoms with Crippen LogP contribution in [0.3, 0.4) is 0 Å². The van der Waals surface area contributed by atoms with E-state index in [0.29, 0.717) is 12.1 Å². The van der Waals surface area contributed by atoms with Crippen molar-refractivity contribution >= 4 is 54.5 Å². The highest BCUT2D eigenvalue weighted by atomic mass is 32.2. The molecule has 12 heteroatoms. The van der Waals surface area contributed by atoms with Gasteiger partial charge in [0.15, 0.2) is 0 Å². The van der Waals surface area contributed by atoms with Crippen molar-refractivity contribution in [2.75, 3.05) is 11.8 Å². The Hall–Kier alpha value is -3.87. The zero-order chi connectivity index (χ0) is 24.9. The summed E-state index contributed by atoms with van der Waals surface area (Å²) in [4.78, 5) is 27.8. The van der Waals surface area contributed by atoms with Crippen LogP contribution in [-0.2, 0) is 16.6 Å². The van der Waals surface area contributed by atoms with Crippen LogP contribution in [-0.4, -0.2) is 36.4 Å². The molecular formula is C24H17N5O4S3. The molecule has 1 aromatic carbocycles. The largest absolute Gasteiger partial charge is 0.480 e. The van der Waals surface area contributed by atoms with Crippen LogP contribution in [0.1, 0.15) is 15.9 Å². The maximum Gasteiger partial charge on any atom is 0.262 e. The maximum atomic E-state index is 13.2. The van der Waals surface area contributed by atoms with Gasteiger partial charge in [0.2, 0.25) is 5.88 Å². The quantitative estimate of drug-likeness (QED) is 0.323. The number of rotatable bonds is 1. The molecule has 0 atom stereocenters. The first-order valence-corrected chi connectivity index (χ1v) is 13.9. The number of fused-ring (bicyclic) bond motifs is 9. The van der Waals surface area contributed by atoms with Gasteiger partial charge < -0.3 is 10.1 Å². The first-order valence-electron chi connectivity index (χ1n) is 10.7. The number of carbonyl (C=O) groups is 1. The van der Waals surface area contributed by atoms with Crippen molar-refractivity contribution in [3.63, 3.8) is 0 Å². The Morgan fingerprint density at radius 1 is 1.03 bits per heavy atom. The fraction of sp³-hybridized carbons (Fsp3) is 0.0833. The minimum absolute atomic E-state index is 0.0525. The first-order chi connectivity index (χ1) is 17.4. The van der Waals surface area contributed by atoms with E-state index in [0.717, 1.165) is 31.2 Å². The number of carbonyl (C=O) groups excluding carboxylic acids is 1. The Morgan fingerprint density at radius 3 is 2.78 bits per heavy atom. The summed E-state index contributed by atoms with van der Waals surface area (Å²) >= 11 is 3.03. The number of nitrogens with zero attached hydrogens (tertiary/aromatic N) is 3. The molecule has 0 spiro atoms. The van der Waals surface area contributed by atoms with Crippen molar-refractivity contribution in [1.29, 1.82) is 0 Å². The molecule has 4 aromatic heterocycles. The molecule has 0 saturated heterocycles. The number of amides is 1. The normalized spacial score (nSPS) is 14.5. The Kier molecular flexibility index (Phi) is 5.43. The van der Waals surface area contributed by atoms with Gasteiger partial charge in [-0.2, -0.15) is 0 Å². The summed E-state index contributed by atoms with van der Waals surface area (Å²) in [7, 11) is -2.63. The van der Waals surface area contributed by atoms with Crippen molar-refractivity contribution < 1.29 is 17.9 Å². The zero-order valence-corrected chi connectivity index (χ0v) is 21.1. The highest BCUT2D eigenvalue weighted by Gasteiger charge is 2.21. The van der Waals surface area contributed by atoms with Crippen LogP contribution in [0.5, 0.6) is 5.88 Å². The molecular weight excluding hydrogens is 518 g/mol. The van der Waals surface area contributed by atoms with Gasteiger partial charge in [-0.25, -0.2) is 23.4 Å². The average Bonchev–Trinajstić information content (AvgIpc) is 3.54. The fourth-order valence-corrected chi connectivity index (χ4v) is 7.05. The van der Waals surface area contributed by atoms with Crippen molar-refractivity contribution in [3.8, 4) is 26.9 Å². The van der Waals surface area contributed by atoms with Crippen LogP contribution in [0, 0.1) is 0 Å². The van der Waals surface area contributed by atoms with Gasteiger partial charge >= 0.3 is 0 Å². The van der Waals surface area contributed by atoms with Crippen molar-refractivity contribution in [2.45, 2.75) is 11.4 Å². The number of thiophene rings is 2. The molecule has 0 unspecified atom stereocenters. The van der Waals surface area contributed by atoms with Gasteiger partial charge in [0.05, 0.1) is 27.1 Å². The topological polar surface area (TPSA) is 123 Å². The lowest BCUT2D eigenvalue weighted by Crippen LogP contribution is -2.23. The van der Waals surface area contributed by atoms with Gasteiger partial charge in [-0.05, 0) is 47.3 Å². The van der Waals surface area contributed by atoms with Crippen LogP contribution >= 0.6 is 22.7 Å². The lowest BCUT2D eigenvalue weighted by atomic mass is 10.2. The van der Waals surface area contributed by atoms with E-state index < -0.39 is 10.0 Å². The molecule has 2 N–H and O–H groups in total. The highest BCUT2D eigenvalue weighted by Crippen LogP contribution is 2.40. The monoisotopic (exact) mass is 535 g/mol. The summed E-state index contributed by atoms with van der Waals surface area (Å²) in [6.45, 7) is 0.294. The van der Waals surface area contributed by atoms with Gasteiger partial charge in [-0.1, -0.05) is 6.07 Å². The zero-order valence-electron chi connectivity index (χ0n) is 18.7. The van der Waals surface area contributed by atoms with Crippen molar-refractivity contribution in [3.05, 3.63) is 71.5 Å². The Bertz CT molecular complexity index is 1760. The van der Waals surface area contributed by atoms with Crippen LogP contribution in [0.4, 0.5) is 5.69 Å². The van der Waals surface area contributed by atoms with E-state index in [1.54, 1.807) is 18.3 Å². The third kappa shape index (κ3) is 3.98. The fourth-order valence-electron chi connectivity index (χ4n) is 3.88. The molecule has 5 heterocycles. The molecule has 0 aliphatic carbocycles. The highest BCUT2D eigenvalue weighted by molar-refractivity contribution is 7.92. The van der Waals surface area contributed by atoms with Crippen LogP contribution in [0.2, 0.25) is 0 Å². The number of sulfonamides is 1. The lowest BCUT2D eigenvalue weighted by molar-refractivity contribution is 0.0950. The number of methoxy groups -OCH3 is 1. The van der Waals surface area contributed by atoms with Gasteiger partial charge in [0, 0.05) is 28.7 Å². The average molecular weight is 536 g/mol. The first kappa shape index (κ1) is 22.6. The van der Waals surface area contributed by atoms with E-state index in [-0.39, 0.29) is 27.9 Å². The number of aromatic nitrogens is 3. The van der Waals surface area contributed by atoms with E-state index in [1.165, 1.54) is 54.3 Å². The standard InChI is InChI=1S/C24H17N5O4S3/c1-33-24-18-7-15(10-26-24)19-8-17-22(35-19)21(28-12-27-17)20-5-13(11-34-20)9-25-23(30)14-3-2-4-16(6-14)36(31,32)29-18/h2-8,10-12,29H,9H2,1H3,(H,25,30). The molecule has 36 heavy (non-hydrogen) atoms. The van der Waals surface area contributed by atoms with Crippen LogP contribution < -0.4 is 14.8 Å². The Balaban J connectivity index is 1.56. The van der Waals surface area contributed by atoms with E-state index in [9.17, 15) is 13.2 Å². The number of ether oxygens (including phenoxy) is 1. The molecule has 1 aliphatic rings. The molecule has 8 bridgehead atoms. The third-order valence-electron chi connectivity index (χ3n) is 5.63. The van der Waals surface area contributed by atoms with E-state index in [1.807, 2.05) is 17.5 Å². The number of anilines is 1. The second kappa shape index (κ2) is 8.66. The summed E-state index contributed by atoms with van der Waals surface area (Å²) in [5, 5.41) is 4.83. The second-order valence-corrected chi connectivity index (χ2v) is 11.6. The predicted molar refractivity (Wildman–Crippen MR) is 139 cm³/mol. The predicted octanol–water partition coefficient (Wildman–Crippen LogP) is 4.53. The molecule has 0 saturated carbocycles. The lowest BCUT2D eigenvalue weighted by Gasteiger charge is -2.13. The van der Waals surface area contributed by atoms with Crippen LogP contribution in [0.15, 0.2) is 65.3 Å². The molecule has 0 fully saturated rings. The maximum absolute atomic E-state index is 13.2. The van der Waals surface area contributed by atoms with Crippen molar-refractivity contribution in [1.82, 2.24) is 20.3 Å². The number of hydrogen-bond donors (Lipinski definition) is 2. The van der Waals surface area contributed by atoms with E-state index in [2.05, 4.69) is 25.0 Å². The smallest absolute Gasteiger partial charge is 0.262 e. The molecule has 5 aromatic rings. The van der Waals surface area contributed by atoms with Crippen molar-refractivity contribution in [2.24, 2.45) is 0 Å². The SMILES string of the molecule is COc1ncc2cc1NS(=O)(=O)c1cccc(c1)C(=O)NCc1csc(c1)-c1ncnc3cc-2sc13. The number of nitrogens with one attached hydrogen (secondary N) is 2. The molecule has 0 radical (unpaired) electrons. The molecule has 1 aliphatic heterocycles. The second-order valence-electron chi connectivity index (χ2n) is 7.96. The summed E-state index contributed by atoms with van der Waals surface area (Å²) in [5.41, 5.74) is 3.60. The summed E-state index contributed by atoms with van der Waals surface area (Å²) in [6.07, 6.45) is 3.15. The number of benzene rings is 1. The van der Waals surface area contributed by atoms with Gasteiger partial charge in [-0.15, -0.1) is 22.7 Å². The van der Waals surface area contributed by atoms with Gasteiger partial charge in [0.1, 0.15) is 17.7 Å². The molecule has 6 rings (SSSR count). The summed E-state index contributed by atoms with van der Waals surface area (Å²) in [5.74, 6) is -0.257. The third-order valence-corrected chi connectivity index (χ3v) is 9.16. The number of pyridine rings is 1. The van der Waals surface area contributed by atoms with E-state index >= 15 is 0 Å². The summed E-state index contributed by atoms with van der Waals surface area (Å²) in [6, 6.07) is 11.5. The van der Waals surface area contributed by atoms with Crippen LogP contribution in [0.25, 0.3) is 31.2 Å².